The van der Waals surface area contributed by atoms with Gasteiger partial charge in [-0.05, 0) is 35.9 Å². The second-order valence-electron chi connectivity index (χ2n) is 4.55. The van der Waals surface area contributed by atoms with E-state index in [1.807, 2.05) is 13.1 Å². The Morgan fingerprint density at radius 1 is 1.11 bits per heavy atom. The van der Waals surface area contributed by atoms with Gasteiger partial charge in [-0.3, -0.25) is 0 Å². The maximum absolute atomic E-state index is 9.25. The quantitative estimate of drug-likeness (QED) is 0.877. The van der Waals surface area contributed by atoms with Crippen LogP contribution in [0.1, 0.15) is 5.56 Å². The summed E-state index contributed by atoms with van der Waals surface area (Å²) in [4.78, 5) is 4.62. The normalized spacial score (nSPS) is 12.9. The Balaban J connectivity index is 2.08. The Kier molecular flexibility index (Phi) is 3.12. The maximum Gasteiger partial charge on any atom is 0.0682 e. The Hall–Kier alpha value is -1.65. The molecule has 0 atom stereocenters. The van der Waals surface area contributed by atoms with E-state index in [2.05, 4.69) is 47.6 Å². The van der Waals surface area contributed by atoms with E-state index in [1.54, 1.807) is 11.8 Å². The summed E-state index contributed by atoms with van der Waals surface area (Å²) in [6, 6.07) is 12.5. The highest BCUT2D eigenvalue weighted by Crippen LogP contribution is 2.48. The first-order valence-electron chi connectivity index (χ1n) is 6.20. The SMILES string of the molecule is CNc1ccc2c(c1)Sc1cc(CO)ccc1N2C. The number of nitrogens with one attached hydrogen (secondary N) is 1. The molecule has 0 aliphatic carbocycles. The van der Waals surface area contributed by atoms with Gasteiger partial charge in [0.25, 0.3) is 0 Å². The number of rotatable bonds is 2. The van der Waals surface area contributed by atoms with E-state index in [9.17, 15) is 5.11 Å². The molecule has 1 heterocycles. The summed E-state index contributed by atoms with van der Waals surface area (Å²) in [5.74, 6) is 0. The molecule has 1 aliphatic rings. The van der Waals surface area contributed by atoms with Crippen LogP contribution in [0.4, 0.5) is 17.1 Å². The lowest BCUT2D eigenvalue weighted by molar-refractivity contribution is 0.281. The number of hydrogen-bond donors (Lipinski definition) is 2. The van der Waals surface area contributed by atoms with Gasteiger partial charge in [-0.15, -0.1) is 0 Å². The molecule has 0 spiro atoms. The van der Waals surface area contributed by atoms with E-state index in [0.717, 1.165) is 11.3 Å². The van der Waals surface area contributed by atoms with Gasteiger partial charge in [0, 0.05) is 29.6 Å². The van der Waals surface area contributed by atoms with Crippen molar-refractivity contribution >= 4 is 28.8 Å². The van der Waals surface area contributed by atoms with Gasteiger partial charge in [0.05, 0.1) is 18.0 Å². The molecule has 19 heavy (non-hydrogen) atoms. The Morgan fingerprint density at radius 2 is 1.79 bits per heavy atom. The average molecular weight is 272 g/mol. The van der Waals surface area contributed by atoms with Crippen molar-refractivity contribution in [2.24, 2.45) is 0 Å². The third kappa shape index (κ3) is 2.07. The zero-order valence-electron chi connectivity index (χ0n) is 11.0. The largest absolute Gasteiger partial charge is 0.392 e. The van der Waals surface area contributed by atoms with Crippen LogP contribution in [0.2, 0.25) is 0 Å². The average Bonchev–Trinajstić information content (AvgIpc) is 2.46. The lowest BCUT2D eigenvalue weighted by atomic mass is 10.2. The molecule has 4 heteroatoms. The molecule has 0 bridgehead atoms. The summed E-state index contributed by atoms with van der Waals surface area (Å²) in [5.41, 5.74) is 4.47. The molecule has 2 aromatic carbocycles. The first kappa shape index (κ1) is 12.4. The molecule has 0 radical (unpaired) electrons. The van der Waals surface area contributed by atoms with Gasteiger partial charge >= 0.3 is 0 Å². The van der Waals surface area contributed by atoms with Gasteiger partial charge < -0.3 is 15.3 Å². The third-order valence-corrected chi connectivity index (χ3v) is 4.49. The molecule has 98 valence electrons. The van der Waals surface area contributed by atoms with Gasteiger partial charge in [0.2, 0.25) is 0 Å². The number of nitrogens with zero attached hydrogens (tertiary/aromatic N) is 1. The van der Waals surface area contributed by atoms with E-state index >= 15 is 0 Å². The molecular weight excluding hydrogens is 256 g/mol. The van der Waals surface area contributed by atoms with Crippen molar-refractivity contribution in [3.05, 3.63) is 42.0 Å². The van der Waals surface area contributed by atoms with Gasteiger partial charge in [-0.1, -0.05) is 17.8 Å². The third-order valence-electron chi connectivity index (χ3n) is 3.40. The summed E-state index contributed by atoms with van der Waals surface area (Å²) in [6.07, 6.45) is 0. The number of hydrogen-bond acceptors (Lipinski definition) is 4. The van der Waals surface area contributed by atoms with Crippen LogP contribution in [0, 0.1) is 0 Å². The minimum atomic E-state index is 0.0843. The number of aliphatic hydroxyl groups is 1. The zero-order chi connectivity index (χ0) is 13.4. The summed E-state index contributed by atoms with van der Waals surface area (Å²) < 4.78 is 0. The topological polar surface area (TPSA) is 35.5 Å². The van der Waals surface area contributed by atoms with E-state index < -0.39 is 0 Å². The van der Waals surface area contributed by atoms with Crippen molar-refractivity contribution in [3.63, 3.8) is 0 Å². The summed E-state index contributed by atoms with van der Waals surface area (Å²) in [7, 11) is 4.01. The molecule has 3 nitrogen and oxygen atoms in total. The number of anilines is 3. The van der Waals surface area contributed by atoms with Crippen LogP contribution in [0.15, 0.2) is 46.2 Å². The van der Waals surface area contributed by atoms with Crippen molar-refractivity contribution in [3.8, 4) is 0 Å². The fourth-order valence-electron chi connectivity index (χ4n) is 2.29. The lowest BCUT2D eigenvalue weighted by Gasteiger charge is -2.30. The van der Waals surface area contributed by atoms with Crippen LogP contribution in [0.3, 0.4) is 0 Å². The van der Waals surface area contributed by atoms with Crippen molar-refractivity contribution in [2.75, 3.05) is 24.3 Å². The monoisotopic (exact) mass is 272 g/mol. The second kappa shape index (κ2) is 4.79. The van der Waals surface area contributed by atoms with Crippen LogP contribution < -0.4 is 10.2 Å². The van der Waals surface area contributed by atoms with Gasteiger partial charge in [0.1, 0.15) is 0 Å². The van der Waals surface area contributed by atoms with Crippen LogP contribution in [-0.2, 0) is 6.61 Å². The van der Waals surface area contributed by atoms with Crippen LogP contribution >= 0.6 is 11.8 Å². The maximum atomic E-state index is 9.25. The van der Waals surface area contributed by atoms with Crippen LogP contribution in [-0.4, -0.2) is 19.2 Å². The summed E-state index contributed by atoms with van der Waals surface area (Å²) in [6.45, 7) is 0.0843. The Bertz CT molecular complexity index is 574. The van der Waals surface area contributed by atoms with Crippen molar-refractivity contribution in [1.29, 1.82) is 0 Å². The molecule has 0 unspecified atom stereocenters. The molecule has 1 aliphatic heterocycles. The predicted molar refractivity (Wildman–Crippen MR) is 80.5 cm³/mol. The van der Waals surface area contributed by atoms with E-state index in [1.165, 1.54) is 21.2 Å². The molecule has 0 saturated carbocycles. The first-order chi connectivity index (χ1) is 9.22. The van der Waals surface area contributed by atoms with Gasteiger partial charge in [0.15, 0.2) is 0 Å². The zero-order valence-corrected chi connectivity index (χ0v) is 11.8. The number of fused-ring (bicyclic) bond motifs is 2. The minimum absolute atomic E-state index is 0.0843. The Labute approximate surface area is 117 Å². The second-order valence-corrected chi connectivity index (χ2v) is 5.64. The number of benzene rings is 2. The van der Waals surface area contributed by atoms with E-state index in [-0.39, 0.29) is 6.61 Å². The van der Waals surface area contributed by atoms with E-state index in [4.69, 9.17) is 0 Å². The highest BCUT2D eigenvalue weighted by Gasteiger charge is 2.20. The highest BCUT2D eigenvalue weighted by molar-refractivity contribution is 7.99. The molecule has 0 amide bonds. The van der Waals surface area contributed by atoms with Crippen molar-refractivity contribution < 1.29 is 5.11 Å². The van der Waals surface area contributed by atoms with Gasteiger partial charge in [-0.2, -0.15) is 0 Å². The highest BCUT2D eigenvalue weighted by atomic mass is 32.2. The van der Waals surface area contributed by atoms with Crippen LogP contribution in [0.25, 0.3) is 0 Å². The van der Waals surface area contributed by atoms with Crippen molar-refractivity contribution in [2.45, 2.75) is 16.4 Å². The molecule has 2 aromatic rings. The number of aliphatic hydroxyl groups excluding tert-OH is 1. The molecule has 0 fully saturated rings. The Morgan fingerprint density at radius 3 is 2.47 bits per heavy atom. The predicted octanol–water partition coefficient (Wildman–Crippen LogP) is 3.45. The summed E-state index contributed by atoms with van der Waals surface area (Å²) in [5, 5.41) is 12.4. The van der Waals surface area contributed by atoms with E-state index in [0.29, 0.717) is 0 Å². The lowest BCUT2D eigenvalue weighted by Crippen LogP contribution is -2.14. The molecular formula is C15H16N2OS. The van der Waals surface area contributed by atoms with Gasteiger partial charge in [-0.25, -0.2) is 0 Å². The van der Waals surface area contributed by atoms with Crippen molar-refractivity contribution in [1.82, 2.24) is 0 Å². The smallest absolute Gasteiger partial charge is 0.0682 e. The first-order valence-corrected chi connectivity index (χ1v) is 7.02. The molecule has 2 N–H and O–H groups in total. The summed E-state index contributed by atoms with van der Waals surface area (Å²) >= 11 is 1.75. The molecule has 0 aromatic heterocycles. The van der Waals surface area contributed by atoms with Crippen LogP contribution in [0.5, 0.6) is 0 Å². The molecule has 0 saturated heterocycles. The molecule has 3 rings (SSSR count). The minimum Gasteiger partial charge on any atom is -0.392 e. The fraction of sp³-hybridized carbons (Fsp3) is 0.200. The standard InChI is InChI=1S/C15H16N2OS/c1-16-11-4-6-13-15(8-11)19-14-7-10(9-18)3-5-12(14)17(13)2/h3-8,16,18H,9H2,1-2H3. The fourth-order valence-corrected chi connectivity index (χ4v) is 3.54.